The number of amides is 1. The number of nitrogens with one attached hydrogen (secondary N) is 1. The molecule has 2 aliphatic carbocycles. The Kier molecular flexibility index (Phi) is 4.95. The molecule has 0 unspecified atom stereocenters. The molecule has 3 fully saturated rings. The highest BCUT2D eigenvalue weighted by Crippen LogP contribution is 2.50. The zero-order valence-electron chi connectivity index (χ0n) is 18.3. The molecule has 1 saturated heterocycles. The van der Waals surface area contributed by atoms with E-state index in [0.717, 1.165) is 24.3 Å². The van der Waals surface area contributed by atoms with Crippen LogP contribution >= 0.6 is 0 Å². The third-order valence-corrected chi connectivity index (χ3v) is 7.97. The molecule has 4 aliphatic rings. The summed E-state index contributed by atoms with van der Waals surface area (Å²) in [5, 5.41) is 13.5. The molecule has 2 N–H and O–H groups in total. The molecule has 1 aromatic carbocycles. The van der Waals surface area contributed by atoms with Gasteiger partial charge in [0.2, 0.25) is 5.91 Å². The van der Waals surface area contributed by atoms with Crippen LogP contribution in [0.5, 0.6) is 0 Å². The predicted octanol–water partition coefficient (Wildman–Crippen LogP) is 2.42. The molecule has 3 heterocycles. The fourth-order valence-corrected chi connectivity index (χ4v) is 5.92. The number of pyridine rings is 1. The van der Waals surface area contributed by atoms with Crippen molar-refractivity contribution in [3.05, 3.63) is 58.5 Å². The standard InChI is InChI=1S/C26H31N3O3/c30-15-21-20-14-28-22(11-10-19(26(28)32)18-4-2-1-3-5-18)23(20)29(13-17-8-9-17)24(21)25(31)27-12-16-6-7-16/h1-5,10-11,16-17,20-21,23-24,30H,6-9,12-15H2,(H,27,31)/t20-,21-,23+,24-/m1/s1. The number of carbonyl (C=O) groups excluding carboxylic acids is 1. The summed E-state index contributed by atoms with van der Waals surface area (Å²) in [5.74, 6) is 1.23. The second-order valence-corrected chi connectivity index (χ2v) is 10.2. The van der Waals surface area contributed by atoms with Gasteiger partial charge in [0.15, 0.2) is 0 Å². The van der Waals surface area contributed by atoms with E-state index in [-0.39, 0.29) is 42.0 Å². The number of aliphatic hydroxyl groups excluding tert-OH is 1. The number of hydrogen-bond donors (Lipinski definition) is 2. The maximum absolute atomic E-state index is 13.4. The maximum atomic E-state index is 13.4. The summed E-state index contributed by atoms with van der Waals surface area (Å²) in [6.07, 6.45) is 4.80. The van der Waals surface area contributed by atoms with E-state index in [4.69, 9.17) is 0 Å². The van der Waals surface area contributed by atoms with Gasteiger partial charge in [0, 0.05) is 49.3 Å². The third kappa shape index (κ3) is 3.41. The lowest BCUT2D eigenvalue weighted by atomic mass is 9.88. The van der Waals surface area contributed by atoms with Crippen molar-refractivity contribution >= 4 is 5.91 Å². The molecule has 6 heteroatoms. The van der Waals surface area contributed by atoms with Gasteiger partial charge < -0.3 is 15.0 Å². The lowest BCUT2D eigenvalue weighted by Crippen LogP contribution is -2.49. The zero-order valence-corrected chi connectivity index (χ0v) is 18.3. The van der Waals surface area contributed by atoms with Gasteiger partial charge in [0.1, 0.15) is 0 Å². The van der Waals surface area contributed by atoms with Crippen LogP contribution in [-0.2, 0) is 11.3 Å². The van der Waals surface area contributed by atoms with Gasteiger partial charge in [-0.2, -0.15) is 0 Å². The van der Waals surface area contributed by atoms with Crippen molar-refractivity contribution in [2.24, 2.45) is 23.7 Å². The minimum Gasteiger partial charge on any atom is -0.396 e. The molecule has 4 atom stereocenters. The van der Waals surface area contributed by atoms with E-state index in [0.29, 0.717) is 23.9 Å². The van der Waals surface area contributed by atoms with Crippen LogP contribution in [0.4, 0.5) is 0 Å². The molecule has 6 rings (SSSR count). The molecule has 168 valence electrons. The Hall–Kier alpha value is -2.44. The lowest BCUT2D eigenvalue weighted by molar-refractivity contribution is -0.127. The Bertz CT molecular complexity index is 1070. The second-order valence-electron chi connectivity index (χ2n) is 10.2. The zero-order chi connectivity index (χ0) is 21.8. The quantitative estimate of drug-likeness (QED) is 0.703. The van der Waals surface area contributed by atoms with E-state index in [2.05, 4.69) is 16.3 Å². The SMILES string of the molecule is O=C(NCC1CC1)[C@H]1[C@H](CO)[C@H]2Cn3c(ccc(-c4ccccc4)c3=O)[C@H]2N1CC1CC1. The first-order valence-electron chi connectivity index (χ1n) is 12.1. The van der Waals surface area contributed by atoms with Crippen LogP contribution in [0.3, 0.4) is 0 Å². The van der Waals surface area contributed by atoms with E-state index in [1.807, 2.05) is 41.0 Å². The molecule has 0 bridgehead atoms. The minimum atomic E-state index is -0.313. The summed E-state index contributed by atoms with van der Waals surface area (Å²) in [4.78, 5) is 29.0. The Morgan fingerprint density at radius 1 is 1.03 bits per heavy atom. The summed E-state index contributed by atoms with van der Waals surface area (Å²) < 4.78 is 1.90. The molecule has 2 saturated carbocycles. The van der Waals surface area contributed by atoms with E-state index in [1.54, 1.807) is 0 Å². The van der Waals surface area contributed by atoms with Gasteiger partial charge in [-0.3, -0.25) is 14.5 Å². The molecule has 2 aliphatic heterocycles. The van der Waals surface area contributed by atoms with Crippen molar-refractivity contribution in [1.82, 2.24) is 14.8 Å². The maximum Gasteiger partial charge on any atom is 0.258 e. The van der Waals surface area contributed by atoms with E-state index in [1.165, 1.54) is 25.7 Å². The smallest absolute Gasteiger partial charge is 0.258 e. The first kappa shape index (κ1) is 20.2. The topological polar surface area (TPSA) is 74.6 Å². The Morgan fingerprint density at radius 2 is 1.78 bits per heavy atom. The number of rotatable bonds is 7. The van der Waals surface area contributed by atoms with Gasteiger partial charge >= 0.3 is 0 Å². The van der Waals surface area contributed by atoms with Gasteiger partial charge in [-0.15, -0.1) is 0 Å². The average Bonchev–Trinajstić information content (AvgIpc) is 3.73. The summed E-state index contributed by atoms with van der Waals surface area (Å²) >= 11 is 0. The number of hydrogen-bond acceptors (Lipinski definition) is 4. The largest absolute Gasteiger partial charge is 0.396 e. The number of likely N-dealkylation sites (tertiary alicyclic amines) is 1. The summed E-state index contributed by atoms with van der Waals surface area (Å²) in [7, 11) is 0. The number of aromatic nitrogens is 1. The van der Waals surface area contributed by atoms with Crippen LogP contribution in [-0.4, -0.2) is 46.2 Å². The van der Waals surface area contributed by atoms with E-state index >= 15 is 0 Å². The molecule has 0 radical (unpaired) electrons. The molecule has 1 amide bonds. The van der Waals surface area contributed by atoms with Crippen molar-refractivity contribution in [2.45, 2.75) is 44.3 Å². The monoisotopic (exact) mass is 433 g/mol. The normalized spacial score (nSPS) is 29.0. The number of aliphatic hydroxyl groups is 1. The van der Waals surface area contributed by atoms with Crippen molar-refractivity contribution in [1.29, 1.82) is 0 Å². The molecular weight excluding hydrogens is 402 g/mol. The van der Waals surface area contributed by atoms with Crippen LogP contribution in [0, 0.1) is 23.7 Å². The van der Waals surface area contributed by atoms with Crippen molar-refractivity contribution < 1.29 is 9.90 Å². The molecular formula is C26H31N3O3. The van der Waals surface area contributed by atoms with Gasteiger partial charge in [0.25, 0.3) is 5.56 Å². The average molecular weight is 434 g/mol. The van der Waals surface area contributed by atoms with Crippen molar-refractivity contribution in [2.75, 3.05) is 19.7 Å². The number of nitrogens with zero attached hydrogens (tertiary/aromatic N) is 2. The Morgan fingerprint density at radius 3 is 2.47 bits per heavy atom. The third-order valence-electron chi connectivity index (χ3n) is 7.97. The molecule has 2 aromatic rings. The lowest BCUT2D eigenvalue weighted by Gasteiger charge is -2.31. The second kappa shape index (κ2) is 7.85. The van der Waals surface area contributed by atoms with Gasteiger partial charge in [-0.05, 0) is 55.2 Å². The van der Waals surface area contributed by atoms with Crippen LogP contribution < -0.4 is 10.9 Å². The number of fused-ring (bicyclic) bond motifs is 3. The first-order chi connectivity index (χ1) is 15.7. The molecule has 0 spiro atoms. The molecule has 32 heavy (non-hydrogen) atoms. The van der Waals surface area contributed by atoms with E-state index < -0.39 is 0 Å². The van der Waals surface area contributed by atoms with Crippen LogP contribution in [0.25, 0.3) is 11.1 Å². The van der Waals surface area contributed by atoms with Crippen LogP contribution in [0.1, 0.15) is 37.4 Å². The fraction of sp³-hybridized carbons (Fsp3) is 0.538. The minimum absolute atomic E-state index is 0.0157. The number of carbonyl (C=O) groups is 1. The number of benzene rings is 1. The highest BCUT2D eigenvalue weighted by atomic mass is 16.3. The molecule has 1 aromatic heterocycles. The van der Waals surface area contributed by atoms with Gasteiger partial charge in [-0.25, -0.2) is 0 Å². The van der Waals surface area contributed by atoms with Gasteiger partial charge in [0.05, 0.1) is 12.1 Å². The first-order valence-corrected chi connectivity index (χ1v) is 12.1. The summed E-state index contributed by atoms with van der Waals surface area (Å²) in [6, 6.07) is 13.5. The van der Waals surface area contributed by atoms with Crippen molar-refractivity contribution in [3.8, 4) is 11.1 Å². The highest BCUT2D eigenvalue weighted by molar-refractivity contribution is 5.83. The molecule has 6 nitrogen and oxygen atoms in total. The summed E-state index contributed by atoms with van der Waals surface area (Å²) in [6.45, 7) is 2.15. The van der Waals surface area contributed by atoms with Gasteiger partial charge in [-0.1, -0.05) is 30.3 Å². The fourth-order valence-electron chi connectivity index (χ4n) is 5.92. The summed E-state index contributed by atoms with van der Waals surface area (Å²) in [5.41, 5.74) is 2.66. The van der Waals surface area contributed by atoms with Crippen LogP contribution in [0.2, 0.25) is 0 Å². The van der Waals surface area contributed by atoms with Crippen LogP contribution in [0.15, 0.2) is 47.3 Å². The Balaban J connectivity index is 1.36. The Labute approximate surface area is 188 Å². The van der Waals surface area contributed by atoms with E-state index in [9.17, 15) is 14.7 Å². The highest BCUT2D eigenvalue weighted by Gasteiger charge is 2.56. The van der Waals surface area contributed by atoms with Crippen molar-refractivity contribution in [3.63, 3.8) is 0 Å². The predicted molar refractivity (Wildman–Crippen MR) is 122 cm³/mol.